The van der Waals surface area contributed by atoms with Crippen molar-refractivity contribution in [3.8, 4) is 0 Å². The first-order valence-corrected chi connectivity index (χ1v) is 7.51. The highest BCUT2D eigenvalue weighted by atomic mass is 79.9. The van der Waals surface area contributed by atoms with Crippen LogP contribution >= 0.6 is 15.9 Å². The normalized spacial score (nSPS) is 15.8. The summed E-state index contributed by atoms with van der Waals surface area (Å²) >= 11 is 3.44. The summed E-state index contributed by atoms with van der Waals surface area (Å²) in [5, 5.41) is 11.6. The zero-order chi connectivity index (χ0) is 15.4. The van der Waals surface area contributed by atoms with Crippen LogP contribution < -0.4 is 5.32 Å². The van der Waals surface area contributed by atoms with Crippen molar-refractivity contribution in [2.24, 2.45) is 0 Å². The largest absolute Gasteiger partial charge is 0.480 e. The molecule has 1 fully saturated rings. The molecule has 1 saturated heterocycles. The number of piperazine rings is 1. The van der Waals surface area contributed by atoms with Crippen molar-refractivity contribution in [1.29, 1.82) is 0 Å². The van der Waals surface area contributed by atoms with Crippen LogP contribution in [0.5, 0.6) is 0 Å². The van der Waals surface area contributed by atoms with Crippen LogP contribution in [-0.4, -0.2) is 59.6 Å². The second-order valence-corrected chi connectivity index (χ2v) is 5.91. The number of anilines is 1. The van der Waals surface area contributed by atoms with Crippen molar-refractivity contribution < 1.29 is 14.7 Å². The summed E-state index contributed by atoms with van der Waals surface area (Å²) in [5.41, 5.74) is 1.85. The molecule has 0 bridgehead atoms. The van der Waals surface area contributed by atoms with Crippen molar-refractivity contribution in [2.45, 2.75) is 6.92 Å². The lowest BCUT2D eigenvalue weighted by Crippen LogP contribution is -2.51. The van der Waals surface area contributed by atoms with Gasteiger partial charge in [0.25, 0.3) is 0 Å². The first-order valence-electron chi connectivity index (χ1n) is 6.72. The van der Waals surface area contributed by atoms with Crippen LogP contribution in [0.25, 0.3) is 0 Å². The molecular weight excluding hydrogens is 338 g/mol. The fraction of sp³-hybridized carbons (Fsp3) is 0.429. The van der Waals surface area contributed by atoms with Crippen molar-refractivity contribution in [3.05, 3.63) is 28.2 Å². The molecular formula is C14H18BrN3O3. The minimum Gasteiger partial charge on any atom is -0.480 e. The number of amides is 2. The third-order valence-corrected chi connectivity index (χ3v) is 4.30. The maximum atomic E-state index is 12.2. The van der Waals surface area contributed by atoms with E-state index >= 15 is 0 Å². The lowest BCUT2D eigenvalue weighted by molar-refractivity contribution is -0.138. The summed E-state index contributed by atoms with van der Waals surface area (Å²) in [6, 6.07) is 5.51. The van der Waals surface area contributed by atoms with Crippen LogP contribution in [0.4, 0.5) is 10.5 Å². The molecule has 0 aliphatic carbocycles. The second kappa shape index (κ2) is 6.91. The van der Waals surface area contributed by atoms with Gasteiger partial charge in [0.1, 0.15) is 0 Å². The first kappa shape index (κ1) is 15.8. The van der Waals surface area contributed by atoms with Crippen molar-refractivity contribution in [2.75, 3.05) is 38.0 Å². The number of carboxylic acids is 1. The van der Waals surface area contributed by atoms with Crippen LogP contribution in [0.2, 0.25) is 0 Å². The summed E-state index contributed by atoms with van der Waals surface area (Å²) in [4.78, 5) is 26.3. The van der Waals surface area contributed by atoms with Crippen molar-refractivity contribution in [3.63, 3.8) is 0 Å². The number of rotatable bonds is 3. The highest BCUT2D eigenvalue weighted by Gasteiger charge is 2.22. The number of hydrogen-bond acceptors (Lipinski definition) is 3. The molecule has 2 N–H and O–H groups in total. The Balaban J connectivity index is 1.87. The molecule has 0 radical (unpaired) electrons. The molecule has 1 aromatic rings. The van der Waals surface area contributed by atoms with Gasteiger partial charge in [0.2, 0.25) is 0 Å². The minimum atomic E-state index is -0.836. The zero-order valence-electron chi connectivity index (χ0n) is 11.8. The molecule has 0 spiro atoms. The third-order valence-electron chi connectivity index (χ3n) is 3.44. The zero-order valence-corrected chi connectivity index (χ0v) is 13.4. The van der Waals surface area contributed by atoms with Gasteiger partial charge in [-0.05, 0) is 24.6 Å². The molecule has 21 heavy (non-hydrogen) atoms. The maximum Gasteiger partial charge on any atom is 0.321 e. The van der Waals surface area contributed by atoms with E-state index in [9.17, 15) is 9.59 Å². The van der Waals surface area contributed by atoms with Crippen LogP contribution in [-0.2, 0) is 4.79 Å². The number of carbonyl (C=O) groups is 2. The smallest absolute Gasteiger partial charge is 0.321 e. The third kappa shape index (κ3) is 4.44. The van der Waals surface area contributed by atoms with E-state index in [-0.39, 0.29) is 12.6 Å². The van der Waals surface area contributed by atoms with Crippen LogP contribution in [0, 0.1) is 6.92 Å². The Bertz CT molecular complexity index is 542. The molecule has 2 rings (SSSR count). The number of aryl methyl sites for hydroxylation is 1. The molecule has 1 heterocycles. The Morgan fingerprint density at radius 1 is 1.29 bits per heavy atom. The van der Waals surface area contributed by atoms with Gasteiger partial charge in [-0.1, -0.05) is 22.0 Å². The van der Waals surface area contributed by atoms with Crippen molar-refractivity contribution >= 4 is 33.6 Å². The Labute approximate surface area is 131 Å². The van der Waals surface area contributed by atoms with Gasteiger partial charge in [0, 0.05) is 36.3 Å². The molecule has 1 aliphatic rings. The number of aliphatic carboxylic acids is 1. The van der Waals surface area contributed by atoms with E-state index in [1.165, 1.54) is 0 Å². The monoisotopic (exact) mass is 355 g/mol. The van der Waals surface area contributed by atoms with Gasteiger partial charge >= 0.3 is 12.0 Å². The summed E-state index contributed by atoms with van der Waals surface area (Å²) in [6.07, 6.45) is 0. The Morgan fingerprint density at radius 3 is 2.52 bits per heavy atom. The van der Waals surface area contributed by atoms with Crippen LogP contribution in [0.1, 0.15) is 5.56 Å². The van der Waals surface area contributed by atoms with Gasteiger partial charge in [-0.15, -0.1) is 0 Å². The predicted octanol–water partition coefficient (Wildman–Crippen LogP) is 1.99. The predicted molar refractivity (Wildman–Crippen MR) is 83.5 cm³/mol. The topological polar surface area (TPSA) is 72.9 Å². The summed E-state index contributed by atoms with van der Waals surface area (Å²) in [6.45, 7) is 4.24. The highest BCUT2D eigenvalue weighted by Crippen LogP contribution is 2.21. The lowest BCUT2D eigenvalue weighted by atomic mass is 10.2. The van der Waals surface area contributed by atoms with Gasteiger partial charge < -0.3 is 15.3 Å². The Morgan fingerprint density at radius 2 is 1.95 bits per heavy atom. The Kier molecular flexibility index (Phi) is 5.19. The maximum absolute atomic E-state index is 12.2. The van der Waals surface area contributed by atoms with Gasteiger partial charge in [-0.3, -0.25) is 9.69 Å². The number of hydrogen-bond donors (Lipinski definition) is 2. The number of carbonyl (C=O) groups excluding carboxylic acids is 1. The second-order valence-electron chi connectivity index (χ2n) is 5.05. The van der Waals surface area contributed by atoms with E-state index < -0.39 is 5.97 Å². The summed E-state index contributed by atoms with van der Waals surface area (Å²) < 4.78 is 0.951. The average Bonchev–Trinajstić information content (AvgIpc) is 2.43. The quantitative estimate of drug-likeness (QED) is 0.869. The Hall–Kier alpha value is -1.60. The van der Waals surface area contributed by atoms with E-state index in [1.807, 2.05) is 30.0 Å². The van der Waals surface area contributed by atoms with E-state index in [0.717, 1.165) is 15.7 Å². The average molecular weight is 356 g/mol. The molecule has 114 valence electrons. The summed E-state index contributed by atoms with van der Waals surface area (Å²) in [7, 11) is 0. The first-order chi connectivity index (χ1) is 9.95. The van der Waals surface area contributed by atoms with Gasteiger partial charge in [-0.25, -0.2) is 4.79 Å². The molecule has 0 aromatic heterocycles. The van der Waals surface area contributed by atoms with E-state index in [2.05, 4.69) is 21.2 Å². The van der Waals surface area contributed by atoms with E-state index in [1.54, 1.807) is 4.90 Å². The fourth-order valence-corrected chi connectivity index (χ4v) is 2.55. The molecule has 6 nitrogen and oxygen atoms in total. The summed E-state index contributed by atoms with van der Waals surface area (Å²) in [5.74, 6) is -0.836. The number of nitrogens with one attached hydrogen (secondary N) is 1. The van der Waals surface area contributed by atoms with Crippen molar-refractivity contribution in [1.82, 2.24) is 9.80 Å². The molecule has 0 unspecified atom stereocenters. The molecule has 1 aromatic carbocycles. The number of carboxylic acid groups (broad SMARTS) is 1. The molecule has 0 atom stereocenters. The van der Waals surface area contributed by atoms with Gasteiger partial charge in [0.15, 0.2) is 0 Å². The number of urea groups is 1. The van der Waals surface area contributed by atoms with Gasteiger partial charge in [-0.2, -0.15) is 0 Å². The van der Waals surface area contributed by atoms with E-state index in [0.29, 0.717) is 26.2 Å². The van der Waals surface area contributed by atoms with Gasteiger partial charge in [0.05, 0.1) is 6.54 Å². The van der Waals surface area contributed by atoms with E-state index in [4.69, 9.17) is 5.11 Å². The molecule has 0 saturated carbocycles. The van der Waals surface area contributed by atoms with Crippen LogP contribution in [0.3, 0.4) is 0 Å². The molecule has 2 amide bonds. The van der Waals surface area contributed by atoms with Crippen LogP contribution in [0.15, 0.2) is 22.7 Å². The highest BCUT2D eigenvalue weighted by molar-refractivity contribution is 9.10. The minimum absolute atomic E-state index is 0.0281. The SMILES string of the molecule is Cc1ccc(NC(=O)N2CCN(CC(=O)O)CC2)cc1Br. The number of nitrogens with zero attached hydrogens (tertiary/aromatic N) is 2. The fourth-order valence-electron chi connectivity index (χ4n) is 2.17. The molecule has 1 aliphatic heterocycles. The lowest BCUT2D eigenvalue weighted by Gasteiger charge is -2.33. The standard InChI is InChI=1S/C14H18BrN3O3/c1-10-2-3-11(8-12(10)15)16-14(21)18-6-4-17(5-7-18)9-13(19)20/h2-3,8H,4-7,9H2,1H3,(H,16,21)(H,19,20). The molecule has 7 heteroatoms. The number of benzene rings is 1. The number of halogens is 1.